The molecule has 1 unspecified atom stereocenters. The van der Waals surface area contributed by atoms with Crippen molar-refractivity contribution in [2.75, 3.05) is 0 Å². The van der Waals surface area contributed by atoms with E-state index in [1.54, 1.807) is 0 Å². The molecule has 0 aliphatic heterocycles. The van der Waals surface area contributed by atoms with Crippen LogP contribution in [0.5, 0.6) is 0 Å². The molecule has 0 spiro atoms. The van der Waals surface area contributed by atoms with E-state index in [2.05, 4.69) is 16.2 Å². The second-order valence-electron chi connectivity index (χ2n) is 1.29. The van der Waals surface area contributed by atoms with Gasteiger partial charge in [-0.25, -0.2) is 4.79 Å². The number of hydrogen-bond donors (Lipinski definition) is 2. The molecule has 2 amide bonds. The van der Waals surface area contributed by atoms with Crippen LogP contribution < -0.4 is 11.1 Å². The van der Waals surface area contributed by atoms with E-state index in [9.17, 15) is 9.70 Å². The lowest BCUT2D eigenvalue weighted by Crippen LogP contribution is -2.35. The number of carbonyl (C=O) groups is 1. The Bertz CT molecular complexity index is 103. The van der Waals surface area contributed by atoms with Crippen molar-refractivity contribution < 1.29 is 4.79 Å². The van der Waals surface area contributed by atoms with Gasteiger partial charge in [-0.3, -0.25) is 0 Å². The lowest BCUT2D eigenvalue weighted by molar-refractivity contribution is 0.246. The van der Waals surface area contributed by atoms with Crippen LogP contribution in [0.3, 0.4) is 0 Å². The van der Waals surface area contributed by atoms with E-state index in [-0.39, 0.29) is 0 Å². The van der Waals surface area contributed by atoms with Crippen LogP contribution in [-0.2, 0) is 0 Å². The van der Waals surface area contributed by atoms with Crippen LogP contribution in [0, 0.1) is 4.91 Å². The average molecular weight is 117 g/mol. The molecule has 0 aromatic carbocycles. The number of hydrogen-bond acceptors (Lipinski definition) is 3. The first-order valence-corrected chi connectivity index (χ1v) is 2.05. The van der Waals surface area contributed by atoms with E-state index in [0.717, 1.165) is 0 Å². The van der Waals surface area contributed by atoms with Gasteiger partial charge in [0.1, 0.15) is 0 Å². The molecular weight excluding hydrogens is 110 g/mol. The van der Waals surface area contributed by atoms with Crippen LogP contribution in [-0.4, -0.2) is 12.2 Å². The van der Waals surface area contributed by atoms with E-state index in [4.69, 9.17) is 0 Å². The van der Waals surface area contributed by atoms with Gasteiger partial charge in [-0.1, -0.05) is 0 Å². The first-order chi connectivity index (χ1) is 3.66. The Labute approximate surface area is 46.2 Å². The fourth-order valence-electron chi connectivity index (χ4n) is 0.232. The van der Waals surface area contributed by atoms with Crippen molar-refractivity contribution in [3.05, 3.63) is 4.91 Å². The van der Waals surface area contributed by atoms with Crippen LogP contribution in [0.25, 0.3) is 0 Å². The average Bonchev–Trinajstić information content (AvgIpc) is 1.65. The van der Waals surface area contributed by atoms with E-state index in [1.807, 2.05) is 0 Å². The minimum absolute atomic E-state index is 0.729. The molecule has 8 heavy (non-hydrogen) atoms. The Hall–Kier alpha value is -1.13. The Morgan fingerprint density at radius 2 is 2.38 bits per heavy atom. The van der Waals surface area contributed by atoms with Crippen LogP contribution in [0.15, 0.2) is 5.18 Å². The van der Waals surface area contributed by atoms with Crippen molar-refractivity contribution in [2.45, 2.75) is 13.1 Å². The highest BCUT2D eigenvalue weighted by molar-refractivity contribution is 5.71. The quantitative estimate of drug-likeness (QED) is 0.489. The highest BCUT2D eigenvalue weighted by Gasteiger charge is 1.99. The van der Waals surface area contributed by atoms with Gasteiger partial charge in [0.05, 0.1) is 0 Å². The zero-order chi connectivity index (χ0) is 6.57. The summed E-state index contributed by atoms with van der Waals surface area (Å²) in [4.78, 5) is 19.4. The molecule has 0 fully saturated rings. The molecule has 0 saturated carbocycles. The maximum absolute atomic E-state index is 9.88. The summed E-state index contributed by atoms with van der Waals surface area (Å²) >= 11 is 0. The molecule has 0 bridgehead atoms. The predicted octanol–water partition coefficient (Wildman–Crippen LogP) is -0.233. The first-order valence-electron chi connectivity index (χ1n) is 2.05. The first kappa shape index (κ1) is 6.87. The molecule has 0 saturated heterocycles. The number of nitrogens with one attached hydrogen (secondary N) is 1. The van der Waals surface area contributed by atoms with Gasteiger partial charge in [-0.15, -0.1) is 4.91 Å². The SMILES string of the molecule is CC(N=O)NC(N)=O. The van der Waals surface area contributed by atoms with Gasteiger partial charge < -0.3 is 11.1 Å². The number of nitroso groups, excluding NO2 is 1. The topological polar surface area (TPSA) is 84.6 Å². The summed E-state index contributed by atoms with van der Waals surface area (Å²) in [5.41, 5.74) is 4.62. The van der Waals surface area contributed by atoms with E-state index >= 15 is 0 Å². The summed E-state index contributed by atoms with van der Waals surface area (Å²) in [6, 6.07) is -0.739. The minimum Gasteiger partial charge on any atom is -0.352 e. The summed E-state index contributed by atoms with van der Waals surface area (Å²) in [6.07, 6.45) is -0.729. The fraction of sp³-hybridized carbons (Fsp3) is 0.667. The van der Waals surface area contributed by atoms with Crippen molar-refractivity contribution in [2.24, 2.45) is 10.9 Å². The van der Waals surface area contributed by atoms with E-state index in [1.165, 1.54) is 6.92 Å². The Balaban J connectivity index is 3.38. The zero-order valence-electron chi connectivity index (χ0n) is 4.42. The number of nitrogens with two attached hydrogens (primary N) is 1. The van der Waals surface area contributed by atoms with Crippen molar-refractivity contribution in [1.82, 2.24) is 5.32 Å². The monoisotopic (exact) mass is 117 g/mol. The summed E-state index contributed by atoms with van der Waals surface area (Å²) in [7, 11) is 0. The van der Waals surface area contributed by atoms with Gasteiger partial charge in [0.25, 0.3) is 0 Å². The highest BCUT2D eigenvalue weighted by atomic mass is 16.3. The molecule has 0 aromatic rings. The molecule has 0 aliphatic carbocycles. The second kappa shape index (κ2) is 2.95. The van der Waals surface area contributed by atoms with Crippen LogP contribution in [0.1, 0.15) is 6.92 Å². The van der Waals surface area contributed by atoms with Crippen LogP contribution in [0.4, 0.5) is 4.79 Å². The molecule has 1 atom stereocenters. The summed E-state index contributed by atoms with van der Waals surface area (Å²) in [6.45, 7) is 1.43. The number of carbonyl (C=O) groups excluding carboxylic acids is 1. The van der Waals surface area contributed by atoms with E-state index in [0.29, 0.717) is 0 Å². The van der Waals surface area contributed by atoms with Crippen molar-refractivity contribution in [1.29, 1.82) is 0 Å². The smallest absolute Gasteiger partial charge is 0.313 e. The molecule has 0 heterocycles. The minimum atomic E-state index is -0.739. The van der Waals surface area contributed by atoms with Gasteiger partial charge in [-0.2, -0.15) is 0 Å². The highest BCUT2D eigenvalue weighted by Crippen LogP contribution is 1.77. The van der Waals surface area contributed by atoms with Gasteiger partial charge in [0.2, 0.25) is 0 Å². The molecule has 5 heteroatoms. The molecule has 0 rings (SSSR count). The van der Waals surface area contributed by atoms with Crippen molar-refractivity contribution in [3.8, 4) is 0 Å². The summed E-state index contributed by atoms with van der Waals surface area (Å²) in [5, 5.41) is 4.52. The van der Waals surface area contributed by atoms with Gasteiger partial charge in [-0.05, 0) is 12.1 Å². The number of primary amides is 1. The van der Waals surface area contributed by atoms with Crippen LogP contribution in [0.2, 0.25) is 0 Å². The number of nitrogens with zero attached hydrogens (tertiary/aromatic N) is 1. The van der Waals surface area contributed by atoms with E-state index < -0.39 is 12.2 Å². The molecule has 0 radical (unpaired) electrons. The summed E-state index contributed by atoms with van der Waals surface area (Å²) in [5.74, 6) is 0. The number of rotatable bonds is 2. The normalized spacial score (nSPS) is 12.1. The lowest BCUT2D eigenvalue weighted by atomic mass is 10.6. The summed E-state index contributed by atoms with van der Waals surface area (Å²) < 4.78 is 0. The van der Waals surface area contributed by atoms with Gasteiger partial charge in [0, 0.05) is 0 Å². The fourth-order valence-corrected chi connectivity index (χ4v) is 0.232. The zero-order valence-corrected chi connectivity index (χ0v) is 4.42. The molecule has 0 aromatic heterocycles. The Kier molecular flexibility index (Phi) is 2.53. The molecule has 46 valence electrons. The standard InChI is InChI=1S/C3H7N3O2/c1-2(6-8)5-3(4)7/h2H,1H3,(H3,4,5,7). The predicted molar refractivity (Wildman–Crippen MR) is 28.0 cm³/mol. The third-order valence-electron chi connectivity index (χ3n) is 0.509. The third kappa shape index (κ3) is 3.08. The Morgan fingerprint density at radius 3 is 2.50 bits per heavy atom. The second-order valence-corrected chi connectivity index (χ2v) is 1.29. The lowest BCUT2D eigenvalue weighted by Gasteiger charge is -1.99. The van der Waals surface area contributed by atoms with Gasteiger partial charge in [0.15, 0.2) is 6.17 Å². The largest absolute Gasteiger partial charge is 0.352 e. The molecular formula is C3H7N3O2. The molecule has 3 N–H and O–H groups in total. The Morgan fingerprint density at radius 1 is 1.88 bits per heavy atom. The van der Waals surface area contributed by atoms with Crippen LogP contribution >= 0.6 is 0 Å². The number of urea groups is 1. The maximum atomic E-state index is 9.88. The maximum Gasteiger partial charge on any atom is 0.313 e. The van der Waals surface area contributed by atoms with Crippen molar-refractivity contribution >= 4 is 6.03 Å². The van der Waals surface area contributed by atoms with Gasteiger partial charge >= 0.3 is 6.03 Å². The molecule has 5 nitrogen and oxygen atoms in total. The van der Waals surface area contributed by atoms with Crippen molar-refractivity contribution in [3.63, 3.8) is 0 Å². The number of amides is 2. The molecule has 0 aliphatic rings. The third-order valence-corrected chi connectivity index (χ3v) is 0.509.